The molecule has 178 valence electrons. The number of furan rings is 1. The third-order valence-electron chi connectivity index (χ3n) is 6.74. The molecule has 0 amide bonds. The quantitative estimate of drug-likeness (QED) is 0.287. The van der Waals surface area contributed by atoms with E-state index in [1.165, 1.54) is 21.4 Å². The minimum Gasteiger partial charge on any atom is -0.492 e. The molecule has 1 fully saturated rings. The second kappa shape index (κ2) is 9.49. The van der Waals surface area contributed by atoms with Crippen LogP contribution in [0.15, 0.2) is 77.4 Å². The molecule has 0 bridgehead atoms. The number of benzene rings is 2. The molecule has 5 aromatic rings. The van der Waals surface area contributed by atoms with Crippen molar-refractivity contribution in [2.24, 2.45) is 5.92 Å². The second-order valence-corrected chi connectivity index (χ2v) is 10.5. The van der Waals surface area contributed by atoms with Crippen LogP contribution >= 0.6 is 22.9 Å². The standard InChI is InChI=1S/C27H25ClN4O2S/c28-21-9-4-8-20(17-21)23(31-13-11-19(12-14-31)16-18-6-2-1-3-7-18)24-26(33)32-27(35-24)29-25(30-32)22-10-5-15-34-22/h1-10,15,17,19,23,33H,11-14,16H2/t23-/m1/s1. The first-order chi connectivity index (χ1) is 17.2. The van der Waals surface area contributed by atoms with Gasteiger partial charge in [-0.2, -0.15) is 9.50 Å². The highest BCUT2D eigenvalue weighted by molar-refractivity contribution is 7.17. The highest BCUT2D eigenvalue weighted by Gasteiger charge is 2.32. The van der Waals surface area contributed by atoms with Crippen LogP contribution in [-0.2, 0) is 6.42 Å². The molecule has 0 radical (unpaired) electrons. The molecule has 1 N–H and O–H groups in total. The Morgan fingerprint density at radius 2 is 1.89 bits per heavy atom. The molecule has 2 aromatic carbocycles. The number of fused-ring (bicyclic) bond motifs is 1. The number of nitrogens with zero attached hydrogens (tertiary/aromatic N) is 4. The van der Waals surface area contributed by atoms with Gasteiger partial charge in [0.1, 0.15) is 0 Å². The Morgan fingerprint density at radius 1 is 1.06 bits per heavy atom. The van der Waals surface area contributed by atoms with Crippen LogP contribution in [0, 0.1) is 5.92 Å². The number of piperidine rings is 1. The van der Waals surface area contributed by atoms with E-state index >= 15 is 0 Å². The van der Waals surface area contributed by atoms with Crippen LogP contribution in [0.5, 0.6) is 5.88 Å². The Labute approximate surface area is 212 Å². The van der Waals surface area contributed by atoms with E-state index in [2.05, 4.69) is 51.4 Å². The zero-order valence-electron chi connectivity index (χ0n) is 19.0. The SMILES string of the molecule is Oc1c([C@@H](c2cccc(Cl)c2)N2CCC(Cc3ccccc3)CC2)sc2nc(-c3ccco3)nn12. The monoisotopic (exact) mass is 504 g/mol. The van der Waals surface area contributed by atoms with Crippen molar-refractivity contribution in [1.82, 2.24) is 19.5 Å². The van der Waals surface area contributed by atoms with Crippen molar-refractivity contribution >= 4 is 27.9 Å². The highest BCUT2D eigenvalue weighted by Crippen LogP contribution is 2.42. The van der Waals surface area contributed by atoms with Crippen LogP contribution < -0.4 is 0 Å². The van der Waals surface area contributed by atoms with Crippen LogP contribution in [0.4, 0.5) is 0 Å². The molecule has 4 heterocycles. The third kappa shape index (κ3) is 4.47. The zero-order chi connectivity index (χ0) is 23.8. The second-order valence-electron chi connectivity index (χ2n) is 9.02. The Morgan fingerprint density at radius 3 is 2.60 bits per heavy atom. The molecular weight excluding hydrogens is 480 g/mol. The van der Waals surface area contributed by atoms with Gasteiger partial charge < -0.3 is 9.52 Å². The lowest BCUT2D eigenvalue weighted by atomic mass is 9.89. The number of thiazole rings is 1. The molecule has 0 unspecified atom stereocenters. The molecule has 6 rings (SSSR count). The summed E-state index contributed by atoms with van der Waals surface area (Å²) in [4.78, 5) is 8.52. The van der Waals surface area contributed by atoms with Crippen molar-refractivity contribution in [3.63, 3.8) is 0 Å². The zero-order valence-corrected chi connectivity index (χ0v) is 20.6. The summed E-state index contributed by atoms with van der Waals surface area (Å²) in [7, 11) is 0. The number of halogens is 1. The van der Waals surface area contributed by atoms with Gasteiger partial charge in [0.05, 0.1) is 17.2 Å². The average molecular weight is 505 g/mol. The van der Waals surface area contributed by atoms with E-state index in [-0.39, 0.29) is 11.9 Å². The summed E-state index contributed by atoms with van der Waals surface area (Å²) in [5.74, 6) is 1.81. The van der Waals surface area contributed by atoms with E-state index < -0.39 is 0 Å². The summed E-state index contributed by atoms with van der Waals surface area (Å²) >= 11 is 7.85. The van der Waals surface area contributed by atoms with Gasteiger partial charge >= 0.3 is 0 Å². The highest BCUT2D eigenvalue weighted by atomic mass is 35.5. The lowest BCUT2D eigenvalue weighted by molar-refractivity contribution is 0.150. The molecular formula is C27H25ClN4O2S. The van der Waals surface area contributed by atoms with Gasteiger partial charge in [0, 0.05) is 5.02 Å². The van der Waals surface area contributed by atoms with Gasteiger partial charge in [-0.1, -0.05) is 65.4 Å². The molecule has 8 heteroatoms. The number of aromatic hydroxyl groups is 1. The minimum atomic E-state index is -0.119. The summed E-state index contributed by atoms with van der Waals surface area (Å²) in [6.45, 7) is 1.89. The van der Waals surface area contributed by atoms with Gasteiger partial charge in [-0.25, -0.2) is 0 Å². The molecule has 1 saturated heterocycles. The summed E-state index contributed by atoms with van der Waals surface area (Å²) in [5.41, 5.74) is 2.46. The third-order valence-corrected chi connectivity index (χ3v) is 8.04. The van der Waals surface area contributed by atoms with Gasteiger partial charge in [0.25, 0.3) is 0 Å². The van der Waals surface area contributed by atoms with Crippen molar-refractivity contribution in [3.05, 3.63) is 94.0 Å². The minimum absolute atomic E-state index is 0.117. The molecule has 1 aliphatic heterocycles. The molecule has 1 aliphatic rings. The van der Waals surface area contributed by atoms with E-state index in [1.54, 1.807) is 12.3 Å². The first-order valence-electron chi connectivity index (χ1n) is 11.8. The predicted octanol–water partition coefficient (Wildman–Crippen LogP) is 6.45. The number of hydrogen-bond acceptors (Lipinski definition) is 6. The van der Waals surface area contributed by atoms with E-state index in [0.717, 1.165) is 42.8 Å². The molecule has 35 heavy (non-hydrogen) atoms. The van der Waals surface area contributed by atoms with Gasteiger partial charge in [-0.15, -0.1) is 5.10 Å². The maximum absolute atomic E-state index is 11.3. The fourth-order valence-corrected chi connectivity index (χ4v) is 6.32. The Kier molecular flexibility index (Phi) is 6.06. The van der Waals surface area contributed by atoms with E-state index in [9.17, 15) is 5.11 Å². The Hall–Kier alpha value is -3.13. The van der Waals surface area contributed by atoms with Gasteiger partial charge in [-0.05, 0) is 73.7 Å². The fourth-order valence-electron chi connectivity index (χ4n) is 5.01. The van der Waals surface area contributed by atoms with Gasteiger partial charge in [-0.3, -0.25) is 4.90 Å². The fraction of sp³-hybridized carbons (Fsp3) is 0.259. The normalized spacial score (nSPS) is 16.1. The average Bonchev–Trinajstić information content (AvgIpc) is 3.60. The summed E-state index contributed by atoms with van der Waals surface area (Å²) in [6, 6.07) is 22.1. The summed E-state index contributed by atoms with van der Waals surface area (Å²) in [5, 5.41) is 16.4. The predicted molar refractivity (Wildman–Crippen MR) is 138 cm³/mol. The first kappa shape index (κ1) is 22.3. The van der Waals surface area contributed by atoms with Crippen molar-refractivity contribution < 1.29 is 9.52 Å². The van der Waals surface area contributed by atoms with Crippen molar-refractivity contribution in [1.29, 1.82) is 0 Å². The Balaban J connectivity index is 1.30. The van der Waals surface area contributed by atoms with Crippen molar-refractivity contribution in [2.45, 2.75) is 25.3 Å². The topological polar surface area (TPSA) is 66.8 Å². The maximum Gasteiger partial charge on any atom is 0.230 e. The van der Waals surface area contributed by atoms with Crippen LogP contribution in [-0.4, -0.2) is 37.7 Å². The number of likely N-dealkylation sites (tertiary alicyclic amines) is 1. The van der Waals surface area contributed by atoms with Gasteiger partial charge in [0.15, 0.2) is 5.76 Å². The first-order valence-corrected chi connectivity index (χ1v) is 13.0. The number of aromatic nitrogens is 3. The van der Waals surface area contributed by atoms with Gasteiger partial charge in [0.2, 0.25) is 16.7 Å². The molecule has 6 nitrogen and oxygen atoms in total. The summed E-state index contributed by atoms with van der Waals surface area (Å²) < 4.78 is 6.94. The number of hydrogen-bond donors (Lipinski definition) is 1. The van der Waals surface area contributed by atoms with Crippen LogP contribution in [0.1, 0.15) is 34.9 Å². The Bertz CT molecular complexity index is 1420. The van der Waals surface area contributed by atoms with E-state index in [4.69, 9.17) is 16.0 Å². The smallest absolute Gasteiger partial charge is 0.230 e. The van der Waals surface area contributed by atoms with Crippen LogP contribution in [0.25, 0.3) is 16.5 Å². The molecule has 0 saturated carbocycles. The molecule has 0 aliphatic carbocycles. The molecule has 3 aromatic heterocycles. The molecule has 1 atom stereocenters. The van der Waals surface area contributed by atoms with Crippen LogP contribution in [0.3, 0.4) is 0 Å². The summed E-state index contributed by atoms with van der Waals surface area (Å²) in [6.07, 6.45) is 4.91. The van der Waals surface area contributed by atoms with E-state index in [0.29, 0.717) is 27.5 Å². The van der Waals surface area contributed by atoms with Crippen molar-refractivity contribution in [2.75, 3.05) is 13.1 Å². The number of rotatable bonds is 6. The van der Waals surface area contributed by atoms with Crippen molar-refractivity contribution in [3.8, 4) is 17.5 Å². The maximum atomic E-state index is 11.3. The van der Waals surface area contributed by atoms with Crippen LogP contribution in [0.2, 0.25) is 5.02 Å². The van der Waals surface area contributed by atoms with E-state index in [1.807, 2.05) is 24.3 Å². The lowest BCUT2D eigenvalue weighted by Crippen LogP contribution is -2.37. The lowest BCUT2D eigenvalue weighted by Gasteiger charge is -2.37. The molecule has 0 spiro atoms. The largest absolute Gasteiger partial charge is 0.492 e.